The molecule has 0 aliphatic rings. The molecule has 3 aromatic heterocycles. The van der Waals surface area contributed by atoms with Crippen LogP contribution in [0.4, 0.5) is 0 Å². The van der Waals surface area contributed by atoms with Crippen molar-refractivity contribution in [1.29, 1.82) is 0 Å². The molecule has 0 aliphatic carbocycles. The molecule has 52 heavy (non-hydrogen) atoms. The predicted molar refractivity (Wildman–Crippen MR) is 217 cm³/mol. The van der Waals surface area contributed by atoms with Gasteiger partial charge in [-0.05, 0) is 76.5 Å². The highest BCUT2D eigenvalue weighted by Gasteiger charge is 2.23. The van der Waals surface area contributed by atoms with Gasteiger partial charge in [0.05, 0.1) is 11.0 Å². The SMILES string of the molecule is C(=C(\Cc1ccccc1)c1ccc2c(c1)oc1ccccc12)/c1cc2c3ccccc3oc2c2c1c1ccc3ccccc3c1n2-c1ccccc1. The van der Waals surface area contributed by atoms with Gasteiger partial charge in [-0.1, -0.05) is 133 Å². The average molecular weight is 666 g/mol. The van der Waals surface area contributed by atoms with Crippen LogP contribution in [0.15, 0.2) is 179 Å². The van der Waals surface area contributed by atoms with E-state index in [1.807, 2.05) is 12.1 Å². The lowest BCUT2D eigenvalue weighted by Gasteiger charge is -2.12. The zero-order valence-corrected chi connectivity index (χ0v) is 28.2. The van der Waals surface area contributed by atoms with Gasteiger partial charge in [0.25, 0.3) is 0 Å². The van der Waals surface area contributed by atoms with E-state index in [0.717, 1.165) is 72.6 Å². The molecule has 0 aliphatic heterocycles. The fraction of sp³-hybridized carbons (Fsp3) is 0.0204. The number of hydrogen-bond donors (Lipinski definition) is 0. The molecular formula is C49H31NO2. The van der Waals surface area contributed by atoms with Crippen molar-refractivity contribution in [2.24, 2.45) is 0 Å². The first-order valence-corrected chi connectivity index (χ1v) is 17.8. The Kier molecular flexibility index (Phi) is 6.31. The summed E-state index contributed by atoms with van der Waals surface area (Å²) in [6.45, 7) is 0. The van der Waals surface area contributed by atoms with Crippen LogP contribution in [-0.4, -0.2) is 4.57 Å². The van der Waals surface area contributed by atoms with Crippen molar-refractivity contribution in [1.82, 2.24) is 4.57 Å². The first-order chi connectivity index (χ1) is 25.8. The second-order valence-electron chi connectivity index (χ2n) is 13.7. The van der Waals surface area contributed by atoms with E-state index in [0.29, 0.717) is 0 Å². The van der Waals surface area contributed by atoms with Crippen LogP contribution in [0.2, 0.25) is 0 Å². The number of hydrogen-bond acceptors (Lipinski definition) is 2. The molecule has 0 atom stereocenters. The first-order valence-electron chi connectivity index (χ1n) is 17.8. The number of para-hydroxylation sites is 3. The molecular weight excluding hydrogens is 635 g/mol. The fourth-order valence-corrected chi connectivity index (χ4v) is 8.28. The molecule has 244 valence electrons. The third-order valence-corrected chi connectivity index (χ3v) is 10.6. The summed E-state index contributed by atoms with van der Waals surface area (Å²) in [6.07, 6.45) is 3.17. The van der Waals surface area contributed by atoms with Crippen molar-refractivity contribution in [3.05, 3.63) is 187 Å². The summed E-state index contributed by atoms with van der Waals surface area (Å²) >= 11 is 0. The quantitative estimate of drug-likeness (QED) is 0.171. The Morgan fingerprint density at radius 2 is 1.12 bits per heavy atom. The molecule has 3 nitrogen and oxygen atoms in total. The molecule has 0 N–H and O–H groups in total. The van der Waals surface area contributed by atoms with Crippen molar-refractivity contribution in [2.45, 2.75) is 6.42 Å². The maximum absolute atomic E-state index is 6.83. The molecule has 0 unspecified atom stereocenters. The smallest absolute Gasteiger partial charge is 0.160 e. The minimum atomic E-state index is 0.762. The van der Waals surface area contributed by atoms with Crippen LogP contribution >= 0.6 is 0 Å². The molecule has 0 spiro atoms. The molecule has 0 radical (unpaired) electrons. The largest absolute Gasteiger partial charge is 0.456 e. The number of fused-ring (bicyclic) bond motifs is 12. The van der Waals surface area contributed by atoms with Crippen LogP contribution in [0.3, 0.4) is 0 Å². The Balaban J connectivity index is 1.29. The lowest BCUT2D eigenvalue weighted by molar-refractivity contribution is 0.668. The molecule has 11 aromatic rings. The molecule has 11 rings (SSSR count). The summed E-state index contributed by atoms with van der Waals surface area (Å²) in [7, 11) is 0. The highest BCUT2D eigenvalue weighted by Crippen LogP contribution is 2.45. The van der Waals surface area contributed by atoms with Gasteiger partial charge >= 0.3 is 0 Å². The Bertz CT molecular complexity index is 3190. The second-order valence-corrected chi connectivity index (χ2v) is 13.7. The molecule has 3 heterocycles. The minimum absolute atomic E-state index is 0.762. The molecule has 0 fully saturated rings. The van der Waals surface area contributed by atoms with E-state index in [1.54, 1.807) is 0 Å². The number of nitrogens with zero attached hydrogens (tertiary/aromatic N) is 1. The maximum Gasteiger partial charge on any atom is 0.160 e. The van der Waals surface area contributed by atoms with Crippen molar-refractivity contribution in [3.8, 4) is 5.69 Å². The number of rotatable bonds is 5. The average Bonchev–Trinajstić information content (AvgIpc) is 3.88. The van der Waals surface area contributed by atoms with Gasteiger partial charge in [-0.15, -0.1) is 0 Å². The zero-order valence-electron chi connectivity index (χ0n) is 28.2. The van der Waals surface area contributed by atoms with Gasteiger partial charge in [-0.2, -0.15) is 0 Å². The van der Waals surface area contributed by atoms with E-state index < -0.39 is 0 Å². The lowest BCUT2D eigenvalue weighted by Crippen LogP contribution is -1.95. The van der Waals surface area contributed by atoms with Crippen LogP contribution in [-0.2, 0) is 6.42 Å². The van der Waals surface area contributed by atoms with Gasteiger partial charge < -0.3 is 13.4 Å². The summed E-state index contributed by atoms with van der Waals surface area (Å²) < 4.78 is 15.7. The highest BCUT2D eigenvalue weighted by atomic mass is 16.3. The van der Waals surface area contributed by atoms with E-state index >= 15 is 0 Å². The van der Waals surface area contributed by atoms with Crippen molar-refractivity contribution < 1.29 is 8.83 Å². The molecule has 0 saturated heterocycles. The third kappa shape index (κ3) is 4.39. The monoisotopic (exact) mass is 665 g/mol. The number of allylic oxidation sites excluding steroid dienone is 1. The topological polar surface area (TPSA) is 31.2 Å². The van der Waals surface area contributed by atoms with E-state index in [1.165, 1.54) is 38.2 Å². The van der Waals surface area contributed by atoms with E-state index in [9.17, 15) is 0 Å². The lowest BCUT2D eigenvalue weighted by atomic mass is 9.93. The molecule has 0 amide bonds. The van der Waals surface area contributed by atoms with Crippen molar-refractivity contribution in [2.75, 3.05) is 0 Å². The number of furan rings is 2. The predicted octanol–water partition coefficient (Wildman–Crippen LogP) is 13.5. The van der Waals surface area contributed by atoms with Crippen LogP contribution < -0.4 is 0 Å². The van der Waals surface area contributed by atoms with Gasteiger partial charge in [0.1, 0.15) is 16.7 Å². The van der Waals surface area contributed by atoms with Crippen LogP contribution in [0, 0.1) is 0 Å². The Morgan fingerprint density at radius 3 is 1.92 bits per heavy atom. The minimum Gasteiger partial charge on any atom is -0.456 e. The van der Waals surface area contributed by atoms with Gasteiger partial charge in [0, 0.05) is 43.4 Å². The van der Waals surface area contributed by atoms with Gasteiger partial charge in [-0.3, -0.25) is 0 Å². The zero-order chi connectivity index (χ0) is 34.2. The maximum atomic E-state index is 6.83. The second kappa shape index (κ2) is 11.3. The van der Waals surface area contributed by atoms with Crippen LogP contribution in [0.5, 0.6) is 0 Å². The first kappa shape index (κ1) is 28.9. The van der Waals surface area contributed by atoms with Crippen molar-refractivity contribution >= 4 is 88.1 Å². The fourth-order valence-electron chi connectivity index (χ4n) is 8.28. The van der Waals surface area contributed by atoms with E-state index in [4.69, 9.17) is 8.83 Å². The molecule has 0 saturated carbocycles. The van der Waals surface area contributed by atoms with Crippen molar-refractivity contribution in [3.63, 3.8) is 0 Å². The Hall–Kier alpha value is -6.84. The highest BCUT2D eigenvalue weighted by molar-refractivity contribution is 6.28. The summed E-state index contributed by atoms with van der Waals surface area (Å²) in [4.78, 5) is 0. The van der Waals surface area contributed by atoms with E-state index in [2.05, 4.69) is 168 Å². The third-order valence-electron chi connectivity index (χ3n) is 10.6. The van der Waals surface area contributed by atoms with Gasteiger partial charge in [0.15, 0.2) is 5.58 Å². The van der Waals surface area contributed by atoms with Gasteiger partial charge in [0.2, 0.25) is 0 Å². The summed E-state index contributed by atoms with van der Waals surface area (Å²) in [5, 5.41) is 9.26. The molecule has 8 aromatic carbocycles. The normalized spacial score (nSPS) is 12.4. The molecule has 3 heteroatoms. The van der Waals surface area contributed by atoms with E-state index in [-0.39, 0.29) is 0 Å². The standard InChI is InChI=1S/C49H31NO2/c1-3-13-31(14-4-1)27-34(33-24-25-40-38-19-9-11-21-43(38)51-45(40)30-33)28-35-29-42-39-20-10-12-22-44(39)52-49(42)48-46(35)41-26-23-32-15-7-8-18-37(32)47(41)50(48)36-16-5-2-6-17-36/h1-26,28-30H,27H2/b34-28-. The van der Waals surface area contributed by atoms with Gasteiger partial charge in [-0.25, -0.2) is 0 Å². The summed E-state index contributed by atoms with van der Waals surface area (Å²) in [6, 6.07) is 60.4. The van der Waals surface area contributed by atoms with Crippen LogP contribution in [0.1, 0.15) is 16.7 Å². The Morgan fingerprint density at radius 1 is 0.481 bits per heavy atom. The summed E-state index contributed by atoms with van der Waals surface area (Å²) in [5.74, 6) is 0. The number of benzene rings is 8. The Labute approximate surface area is 299 Å². The number of aromatic nitrogens is 1. The molecule has 0 bridgehead atoms. The van der Waals surface area contributed by atoms with Crippen LogP contribution in [0.25, 0.3) is 93.8 Å². The summed E-state index contributed by atoms with van der Waals surface area (Å²) in [5.41, 5.74) is 11.7.